The standard InChI is InChI=1S/C28H42N8O4/c1-28(2,3)40-27(39)36-22(15-20-17-32-23(34-20)19-11-7-12-19)25(38)35-21(13-8-14-31-26(29)30)24(37)33-16-18-9-5-4-6-10-18/h4-6,9-10,17,19,21-22H,7-8,11-16H2,1-3H3,(H,32,34)(H,33,37)(H,35,38)(H,36,39)(H4,29,30,31)/t21-,22-/m0/s1. The minimum Gasteiger partial charge on any atom is -0.444 e. The monoisotopic (exact) mass is 554 g/mol. The van der Waals surface area contributed by atoms with Gasteiger partial charge in [-0.15, -0.1) is 0 Å². The molecule has 3 amide bonds. The molecule has 0 unspecified atom stereocenters. The zero-order chi connectivity index (χ0) is 29.1. The molecular weight excluding hydrogens is 512 g/mol. The lowest BCUT2D eigenvalue weighted by molar-refractivity contribution is -0.130. The molecule has 218 valence electrons. The summed E-state index contributed by atoms with van der Waals surface area (Å²) >= 11 is 0. The molecule has 12 heteroatoms. The molecule has 0 spiro atoms. The second kappa shape index (κ2) is 14.3. The number of aromatic amines is 1. The van der Waals surface area contributed by atoms with Gasteiger partial charge in [-0.2, -0.15) is 0 Å². The average Bonchev–Trinajstić information content (AvgIpc) is 3.29. The van der Waals surface area contributed by atoms with E-state index in [2.05, 4.69) is 30.9 Å². The Morgan fingerprint density at radius 1 is 1.10 bits per heavy atom. The van der Waals surface area contributed by atoms with Crippen LogP contribution in [-0.2, 0) is 27.3 Å². The lowest BCUT2D eigenvalue weighted by Gasteiger charge is -2.25. The van der Waals surface area contributed by atoms with Crippen LogP contribution in [0.25, 0.3) is 0 Å². The molecule has 1 fully saturated rings. The summed E-state index contributed by atoms with van der Waals surface area (Å²) in [4.78, 5) is 51.0. The first-order valence-corrected chi connectivity index (χ1v) is 13.7. The third-order valence-corrected chi connectivity index (χ3v) is 6.46. The van der Waals surface area contributed by atoms with E-state index in [9.17, 15) is 14.4 Å². The van der Waals surface area contributed by atoms with Gasteiger partial charge < -0.3 is 37.1 Å². The van der Waals surface area contributed by atoms with Crippen molar-refractivity contribution in [3.05, 3.63) is 53.6 Å². The van der Waals surface area contributed by atoms with Crippen LogP contribution in [0.2, 0.25) is 0 Å². The maximum absolute atomic E-state index is 13.5. The van der Waals surface area contributed by atoms with Crippen molar-refractivity contribution in [2.24, 2.45) is 16.5 Å². The van der Waals surface area contributed by atoms with Crippen molar-refractivity contribution in [1.82, 2.24) is 25.9 Å². The predicted molar refractivity (Wildman–Crippen MR) is 152 cm³/mol. The fourth-order valence-electron chi connectivity index (χ4n) is 4.20. The van der Waals surface area contributed by atoms with E-state index >= 15 is 0 Å². The third kappa shape index (κ3) is 10.2. The average molecular weight is 555 g/mol. The molecule has 0 saturated heterocycles. The van der Waals surface area contributed by atoms with Crippen LogP contribution in [0.1, 0.15) is 75.9 Å². The van der Waals surface area contributed by atoms with Crippen LogP contribution in [0, 0.1) is 0 Å². The third-order valence-electron chi connectivity index (χ3n) is 6.46. The number of alkyl carbamates (subject to hydrolysis) is 1. The first kappa shape index (κ1) is 30.5. The van der Waals surface area contributed by atoms with Gasteiger partial charge in [0, 0.05) is 37.3 Å². The number of aromatic nitrogens is 2. The topological polar surface area (TPSA) is 190 Å². The maximum atomic E-state index is 13.5. The molecule has 1 saturated carbocycles. The number of nitrogens with zero attached hydrogens (tertiary/aromatic N) is 2. The molecule has 0 aliphatic heterocycles. The smallest absolute Gasteiger partial charge is 0.408 e. The lowest BCUT2D eigenvalue weighted by atomic mass is 9.85. The molecule has 2 atom stereocenters. The van der Waals surface area contributed by atoms with Gasteiger partial charge in [-0.25, -0.2) is 9.78 Å². The fraction of sp³-hybridized carbons (Fsp3) is 0.536. The normalized spacial score (nSPS) is 14.8. The molecule has 1 aromatic heterocycles. The molecule has 1 aromatic carbocycles. The molecular formula is C28H42N8O4. The van der Waals surface area contributed by atoms with Gasteiger partial charge >= 0.3 is 6.09 Å². The second-order valence-electron chi connectivity index (χ2n) is 11.0. The number of rotatable bonds is 13. The number of imidazole rings is 1. The molecule has 3 rings (SSSR count). The first-order valence-electron chi connectivity index (χ1n) is 13.7. The minimum absolute atomic E-state index is 0.0448. The van der Waals surface area contributed by atoms with Crippen LogP contribution in [0.5, 0.6) is 0 Å². The van der Waals surface area contributed by atoms with Crippen molar-refractivity contribution in [1.29, 1.82) is 0 Å². The van der Waals surface area contributed by atoms with Crippen molar-refractivity contribution >= 4 is 23.9 Å². The van der Waals surface area contributed by atoms with E-state index in [4.69, 9.17) is 16.2 Å². The zero-order valence-electron chi connectivity index (χ0n) is 23.5. The maximum Gasteiger partial charge on any atom is 0.408 e. The fourth-order valence-corrected chi connectivity index (χ4v) is 4.20. The number of guanidine groups is 1. The summed E-state index contributed by atoms with van der Waals surface area (Å²) in [5, 5.41) is 8.36. The Morgan fingerprint density at radius 3 is 2.45 bits per heavy atom. The van der Waals surface area contributed by atoms with Gasteiger partial charge in [0.15, 0.2) is 5.96 Å². The van der Waals surface area contributed by atoms with E-state index in [1.54, 1.807) is 27.0 Å². The van der Waals surface area contributed by atoms with E-state index in [0.717, 1.165) is 24.2 Å². The van der Waals surface area contributed by atoms with Crippen molar-refractivity contribution in [3.8, 4) is 0 Å². The Hall–Kier alpha value is -4.09. The Bertz CT molecular complexity index is 1150. The van der Waals surface area contributed by atoms with Crippen molar-refractivity contribution in [2.45, 2.75) is 89.4 Å². The number of ether oxygens (including phenoxy) is 1. The van der Waals surface area contributed by atoms with E-state index in [1.807, 2.05) is 30.3 Å². The lowest BCUT2D eigenvalue weighted by Crippen LogP contribution is -2.55. The van der Waals surface area contributed by atoms with Crippen LogP contribution in [-0.4, -0.2) is 58.1 Å². The van der Waals surface area contributed by atoms with E-state index in [-0.39, 0.29) is 24.7 Å². The number of aliphatic imine (C=N–C) groups is 1. The molecule has 2 aromatic rings. The van der Waals surface area contributed by atoms with E-state index in [0.29, 0.717) is 31.1 Å². The van der Waals surface area contributed by atoms with Gasteiger partial charge in [0.05, 0.1) is 0 Å². The number of H-pyrrole nitrogens is 1. The highest BCUT2D eigenvalue weighted by atomic mass is 16.6. The number of carbonyl (C=O) groups excluding carboxylic acids is 3. The number of hydrogen-bond acceptors (Lipinski definition) is 6. The highest BCUT2D eigenvalue weighted by molar-refractivity contribution is 5.91. The summed E-state index contributed by atoms with van der Waals surface area (Å²) in [5.41, 5.74) is 11.7. The Labute approximate surface area is 235 Å². The van der Waals surface area contributed by atoms with E-state index < -0.39 is 29.7 Å². The molecule has 1 heterocycles. The molecule has 0 bridgehead atoms. The number of nitrogens with one attached hydrogen (secondary N) is 4. The first-order chi connectivity index (χ1) is 19.0. The van der Waals surface area contributed by atoms with Gasteiger partial charge in [-0.1, -0.05) is 36.8 Å². The van der Waals surface area contributed by atoms with Gasteiger partial charge in [0.2, 0.25) is 11.8 Å². The van der Waals surface area contributed by atoms with Crippen LogP contribution >= 0.6 is 0 Å². The summed E-state index contributed by atoms with van der Waals surface area (Å²) in [5.74, 6) is 0.356. The number of benzene rings is 1. The predicted octanol–water partition coefficient (Wildman–Crippen LogP) is 1.97. The Morgan fingerprint density at radius 2 is 1.82 bits per heavy atom. The number of carbonyl (C=O) groups is 3. The van der Waals surface area contributed by atoms with Gasteiger partial charge in [-0.3, -0.25) is 14.6 Å². The highest BCUT2D eigenvalue weighted by Gasteiger charge is 2.30. The molecule has 1 aliphatic rings. The van der Waals surface area contributed by atoms with Crippen molar-refractivity contribution < 1.29 is 19.1 Å². The second-order valence-corrected chi connectivity index (χ2v) is 11.0. The zero-order valence-corrected chi connectivity index (χ0v) is 23.5. The Balaban J connectivity index is 1.72. The quantitative estimate of drug-likeness (QED) is 0.124. The van der Waals surface area contributed by atoms with Crippen LogP contribution < -0.4 is 27.4 Å². The summed E-state index contributed by atoms with van der Waals surface area (Å²) in [6.45, 7) is 5.83. The molecule has 1 aliphatic carbocycles. The van der Waals surface area contributed by atoms with Crippen LogP contribution in [0.3, 0.4) is 0 Å². The highest BCUT2D eigenvalue weighted by Crippen LogP contribution is 2.34. The van der Waals surface area contributed by atoms with Crippen LogP contribution in [0.4, 0.5) is 4.79 Å². The SMILES string of the molecule is CC(C)(C)OC(=O)N[C@@H](Cc1cnc(C2CCC2)[nH]1)C(=O)N[C@@H](CCCN=C(N)N)C(=O)NCc1ccccc1. The molecule has 40 heavy (non-hydrogen) atoms. The van der Waals surface area contributed by atoms with Gasteiger partial charge in [0.25, 0.3) is 0 Å². The van der Waals surface area contributed by atoms with Gasteiger partial charge in [0.1, 0.15) is 23.5 Å². The largest absolute Gasteiger partial charge is 0.444 e. The Kier molecular flexibility index (Phi) is 10.9. The molecule has 8 N–H and O–H groups in total. The van der Waals surface area contributed by atoms with Crippen LogP contribution in [0.15, 0.2) is 41.5 Å². The number of hydrogen-bond donors (Lipinski definition) is 6. The van der Waals surface area contributed by atoms with Crippen molar-refractivity contribution in [2.75, 3.05) is 6.54 Å². The van der Waals surface area contributed by atoms with E-state index in [1.165, 1.54) is 6.42 Å². The summed E-state index contributed by atoms with van der Waals surface area (Å²) in [7, 11) is 0. The molecule has 12 nitrogen and oxygen atoms in total. The summed E-state index contributed by atoms with van der Waals surface area (Å²) < 4.78 is 5.39. The number of nitrogens with two attached hydrogens (primary N) is 2. The van der Waals surface area contributed by atoms with Crippen molar-refractivity contribution in [3.63, 3.8) is 0 Å². The minimum atomic E-state index is -1.01. The number of amides is 3. The summed E-state index contributed by atoms with van der Waals surface area (Å²) in [6.07, 6.45) is 5.17. The summed E-state index contributed by atoms with van der Waals surface area (Å²) in [6, 6.07) is 7.58. The molecule has 0 radical (unpaired) electrons. The van der Waals surface area contributed by atoms with Gasteiger partial charge in [-0.05, 0) is 52.0 Å².